The summed E-state index contributed by atoms with van der Waals surface area (Å²) in [4.78, 5) is 34.1. The van der Waals surface area contributed by atoms with Gasteiger partial charge in [-0.15, -0.1) is 0 Å². The normalized spacial score (nSPS) is 15.1. The Labute approximate surface area is 167 Å². The van der Waals surface area contributed by atoms with Crippen LogP contribution in [-0.4, -0.2) is 77.3 Å². The Morgan fingerprint density at radius 3 is 2.50 bits per heavy atom. The summed E-state index contributed by atoms with van der Waals surface area (Å²) in [7, 11) is 0. The largest absolute Gasteiger partial charge is 0.361 e. The highest BCUT2D eigenvalue weighted by Gasteiger charge is 2.23. The number of para-hydroxylation sites is 1. The fraction of sp³-hybridized carbons (Fsp3) is 0.545. The van der Waals surface area contributed by atoms with E-state index < -0.39 is 0 Å². The number of H-pyrrole nitrogens is 1. The summed E-state index contributed by atoms with van der Waals surface area (Å²) in [6.07, 6.45) is 4.41. The maximum absolute atomic E-state index is 12.5. The molecule has 0 unspecified atom stereocenters. The highest BCUT2D eigenvalue weighted by atomic mass is 16.2. The third-order valence-electron chi connectivity index (χ3n) is 5.71. The number of aryl methyl sites for hydroxylation is 1. The van der Waals surface area contributed by atoms with Crippen LogP contribution in [0.3, 0.4) is 0 Å². The van der Waals surface area contributed by atoms with Gasteiger partial charge in [-0.2, -0.15) is 0 Å². The first-order valence-electron chi connectivity index (χ1n) is 10.4. The fourth-order valence-corrected chi connectivity index (χ4v) is 3.95. The number of amides is 2. The second kappa shape index (κ2) is 9.73. The Bertz CT molecular complexity index is 789. The summed E-state index contributed by atoms with van der Waals surface area (Å²) in [5.41, 5.74) is 2.43. The molecule has 6 nitrogen and oxygen atoms in total. The number of nitrogens with zero attached hydrogens (tertiary/aromatic N) is 3. The van der Waals surface area contributed by atoms with Gasteiger partial charge in [0.25, 0.3) is 0 Å². The molecular formula is C22H32N4O2. The number of aromatic amines is 1. The second-order valence-electron chi connectivity index (χ2n) is 7.44. The molecule has 6 heteroatoms. The number of hydrogen-bond donors (Lipinski definition) is 1. The van der Waals surface area contributed by atoms with Gasteiger partial charge in [-0.05, 0) is 38.3 Å². The van der Waals surface area contributed by atoms with Crippen LogP contribution >= 0.6 is 0 Å². The van der Waals surface area contributed by atoms with Crippen LogP contribution < -0.4 is 0 Å². The summed E-state index contributed by atoms with van der Waals surface area (Å²) in [5.74, 6) is 0.415. The summed E-state index contributed by atoms with van der Waals surface area (Å²) in [6, 6.07) is 8.28. The first-order chi connectivity index (χ1) is 13.6. The zero-order valence-electron chi connectivity index (χ0n) is 17.1. The minimum Gasteiger partial charge on any atom is -0.361 e. The molecule has 0 radical (unpaired) electrons. The third-order valence-corrected chi connectivity index (χ3v) is 5.71. The van der Waals surface area contributed by atoms with Gasteiger partial charge in [0.1, 0.15) is 0 Å². The number of fused-ring (bicyclic) bond motifs is 1. The number of benzene rings is 1. The van der Waals surface area contributed by atoms with Gasteiger partial charge in [-0.1, -0.05) is 18.2 Å². The summed E-state index contributed by atoms with van der Waals surface area (Å²) in [5, 5.41) is 1.25. The molecule has 3 rings (SSSR count). The first kappa shape index (κ1) is 20.4. The minimum atomic E-state index is 0.184. The Kier molecular flexibility index (Phi) is 7.09. The molecule has 1 aromatic heterocycles. The van der Waals surface area contributed by atoms with E-state index in [4.69, 9.17) is 0 Å². The van der Waals surface area contributed by atoms with Gasteiger partial charge < -0.3 is 14.8 Å². The number of aromatic nitrogens is 1. The van der Waals surface area contributed by atoms with Gasteiger partial charge in [-0.25, -0.2) is 0 Å². The van der Waals surface area contributed by atoms with Gasteiger partial charge in [0.2, 0.25) is 11.8 Å². The van der Waals surface area contributed by atoms with Gasteiger partial charge >= 0.3 is 0 Å². The highest BCUT2D eigenvalue weighted by Crippen LogP contribution is 2.19. The molecule has 1 aliphatic heterocycles. The number of hydrogen-bond acceptors (Lipinski definition) is 3. The second-order valence-corrected chi connectivity index (χ2v) is 7.44. The zero-order chi connectivity index (χ0) is 19.9. The van der Waals surface area contributed by atoms with Crippen molar-refractivity contribution < 1.29 is 9.59 Å². The molecule has 1 aromatic carbocycles. The van der Waals surface area contributed by atoms with E-state index in [-0.39, 0.29) is 11.8 Å². The molecule has 1 N–H and O–H groups in total. The monoisotopic (exact) mass is 384 g/mol. The zero-order valence-corrected chi connectivity index (χ0v) is 17.1. The van der Waals surface area contributed by atoms with Gasteiger partial charge in [0.15, 0.2) is 0 Å². The van der Waals surface area contributed by atoms with Crippen molar-refractivity contribution in [3.05, 3.63) is 36.0 Å². The minimum absolute atomic E-state index is 0.184. The topological polar surface area (TPSA) is 59.7 Å². The number of carbonyl (C=O) groups is 2. The molecule has 0 atom stereocenters. The highest BCUT2D eigenvalue weighted by molar-refractivity contribution is 5.83. The molecule has 28 heavy (non-hydrogen) atoms. The molecule has 0 saturated carbocycles. The maximum Gasteiger partial charge on any atom is 0.236 e. The molecule has 152 valence electrons. The van der Waals surface area contributed by atoms with Crippen molar-refractivity contribution in [3.63, 3.8) is 0 Å². The summed E-state index contributed by atoms with van der Waals surface area (Å²) in [6.45, 7) is 8.98. The number of likely N-dealkylation sites (N-methyl/N-ethyl adjacent to an activating group) is 1. The Balaban J connectivity index is 1.40. The van der Waals surface area contributed by atoms with Crippen LogP contribution in [0.4, 0.5) is 0 Å². The van der Waals surface area contributed by atoms with Crippen molar-refractivity contribution in [1.29, 1.82) is 0 Å². The SMILES string of the molecule is CCN(CC)C(=O)CN1CCN(C(=O)CCCc2c[nH]c3ccccc23)CC1. The first-order valence-corrected chi connectivity index (χ1v) is 10.4. The lowest BCUT2D eigenvalue weighted by molar-refractivity contribution is -0.135. The van der Waals surface area contributed by atoms with Crippen molar-refractivity contribution >= 4 is 22.7 Å². The molecule has 1 fully saturated rings. The fourth-order valence-electron chi connectivity index (χ4n) is 3.95. The van der Waals surface area contributed by atoms with E-state index in [0.717, 1.165) is 57.6 Å². The molecule has 2 heterocycles. The summed E-state index contributed by atoms with van der Waals surface area (Å²) < 4.78 is 0. The lowest BCUT2D eigenvalue weighted by Crippen LogP contribution is -2.51. The third kappa shape index (κ3) is 4.93. The van der Waals surface area contributed by atoms with E-state index in [9.17, 15) is 9.59 Å². The van der Waals surface area contributed by atoms with Gasteiger partial charge in [-0.3, -0.25) is 14.5 Å². The van der Waals surface area contributed by atoms with E-state index in [0.29, 0.717) is 13.0 Å². The van der Waals surface area contributed by atoms with E-state index in [1.807, 2.05) is 29.7 Å². The maximum atomic E-state index is 12.5. The van der Waals surface area contributed by atoms with Crippen molar-refractivity contribution in [3.8, 4) is 0 Å². The molecule has 1 aliphatic rings. The molecule has 0 aliphatic carbocycles. The van der Waals surface area contributed by atoms with Crippen LogP contribution in [0.15, 0.2) is 30.5 Å². The van der Waals surface area contributed by atoms with Crippen LogP contribution in [-0.2, 0) is 16.0 Å². The number of piperazine rings is 1. The van der Waals surface area contributed by atoms with Crippen LogP contribution in [0.1, 0.15) is 32.3 Å². The van der Waals surface area contributed by atoms with Crippen molar-refractivity contribution in [1.82, 2.24) is 19.7 Å². The predicted molar refractivity (Wildman–Crippen MR) is 112 cm³/mol. The van der Waals surface area contributed by atoms with E-state index >= 15 is 0 Å². The number of nitrogens with one attached hydrogen (secondary N) is 1. The average Bonchev–Trinajstić information content (AvgIpc) is 3.12. The van der Waals surface area contributed by atoms with Crippen LogP contribution in [0, 0.1) is 0 Å². The quantitative estimate of drug-likeness (QED) is 0.761. The lowest BCUT2D eigenvalue weighted by atomic mass is 10.1. The smallest absolute Gasteiger partial charge is 0.236 e. The predicted octanol–water partition coefficient (Wildman–Crippen LogP) is 2.50. The van der Waals surface area contributed by atoms with Crippen molar-refractivity contribution in [2.75, 3.05) is 45.8 Å². The molecular weight excluding hydrogens is 352 g/mol. The van der Waals surface area contributed by atoms with Crippen LogP contribution in [0.2, 0.25) is 0 Å². The standard InChI is InChI=1S/C22H32N4O2/c1-3-25(4-2)22(28)17-24-12-14-26(15-13-24)21(27)11-7-8-18-16-23-20-10-6-5-9-19(18)20/h5-6,9-10,16,23H,3-4,7-8,11-15,17H2,1-2H3. The van der Waals surface area contributed by atoms with E-state index in [1.54, 1.807) is 0 Å². The Morgan fingerprint density at radius 1 is 1.07 bits per heavy atom. The van der Waals surface area contributed by atoms with Crippen molar-refractivity contribution in [2.45, 2.75) is 33.1 Å². The molecule has 0 bridgehead atoms. The number of carbonyl (C=O) groups excluding carboxylic acids is 2. The van der Waals surface area contributed by atoms with Gasteiger partial charge in [0.05, 0.1) is 6.54 Å². The molecule has 2 amide bonds. The van der Waals surface area contributed by atoms with E-state index in [1.165, 1.54) is 10.9 Å². The summed E-state index contributed by atoms with van der Waals surface area (Å²) >= 11 is 0. The van der Waals surface area contributed by atoms with Gasteiger partial charge in [0, 0.05) is 62.8 Å². The number of rotatable bonds is 8. The Hall–Kier alpha value is -2.34. The van der Waals surface area contributed by atoms with Crippen molar-refractivity contribution in [2.24, 2.45) is 0 Å². The van der Waals surface area contributed by atoms with Crippen LogP contribution in [0.5, 0.6) is 0 Å². The Morgan fingerprint density at radius 2 is 1.79 bits per heavy atom. The molecule has 0 spiro atoms. The molecule has 2 aromatic rings. The average molecular weight is 385 g/mol. The van der Waals surface area contributed by atoms with Crippen LogP contribution in [0.25, 0.3) is 10.9 Å². The van der Waals surface area contributed by atoms with E-state index in [2.05, 4.69) is 34.3 Å². The molecule has 1 saturated heterocycles. The lowest BCUT2D eigenvalue weighted by Gasteiger charge is -2.35.